The van der Waals surface area contributed by atoms with Crippen LogP contribution in [0.2, 0.25) is 0 Å². The largest absolute Gasteiger partial charge is 0.326 e. The van der Waals surface area contributed by atoms with Gasteiger partial charge in [-0.05, 0) is 52.1 Å². The number of fused-ring (bicyclic) bond motifs is 9. The molecule has 0 bridgehead atoms. The number of aromatic nitrogens is 1. The Morgan fingerprint density at radius 2 is 1.10 bits per heavy atom. The van der Waals surface area contributed by atoms with Gasteiger partial charge in [0.25, 0.3) is 0 Å². The molecule has 3 heteroatoms. The summed E-state index contributed by atoms with van der Waals surface area (Å²) in [5.74, 6) is 0. The van der Waals surface area contributed by atoms with E-state index >= 15 is 0 Å². The molecule has 0 amide bonds. The highest BCUT2D eigenvalue weighted by atomic mass is 15.2. The van der Waals surface area contributed by atoms with Gasteiger partial charge in [-0.15, -0.1) is 0 Å². The molecule has 0 saturated carbocycles. The zero-order valence-electron chi connectivity index (χ0n) is 21.9. The first-order valence-corrected chi connectivity index (χ1v) is 13.7. The van der Waals surface area contributed by atoms with Crippen molar-refractivity contribution in [1.29, 1.82) is 0 Å². The van der Waals surface area contributed by atoms with E-state index < -0.39 is 0 Å². The number of para-hydroxylation sites is 2. The Kier molecular flexibility index (Phi) is 5.20. The van der Waals surface area contributed by atoms with E-state index in [0.717, 1.165) is 34.7 Å². The van der Waals surface area contributed by atoms with Crippen LogP contribution in [0.1, 0.15) is 0 Å². The van der Waals surface area contributed by atoms with Gasteiger partial charge in [-0.3, -0.25) is 4.98 Å². The number of nitrogens with zero attached hydrogens (tertiary/aromatic N) is 3. The average Bonchev–Trinajstić information content (AvgIpc) is 3.04. The summed E-state index contributed by atoms with van der Waals surface area (Å²) in [5, 5.41) is 0. The van der Waals surface area contributed by atoms with Crippen molar-refractivity contribution in [2.24, 2.45) is 0 Å². The highest BCUT2D eigenvalue weighted by molar-refractivity contribution is 6.05. The molecule has 0 N–H and O–H groups in total. The number of hydrogen-bond donors (Lipinski definition) is 0. The zero-order chi connectivity index (χ0) is 26.5. The fourth-order valence-electron chi connectivity index (χ4n) is 6.19. The minimum absolute atomic E-state index is 0.763. The third-order valence-corrected chi connectivity index (χ3v) is 8.00. The number of anilines is 2. The van der Waals surface area contributed by atoms with Crippen molar-refractivity contribution in [1.82, 2.24) is 9.56 Å². The van der Waals surface area contributed by atoms with Crippen molar-refractivity contribution in [2.75, 3.05) is 11.4 Å². The molecule has 1 aromatic heterocycles. The third kappa shape index (κ3) is 3.52. The van der Waals surface area contributed by atoms with Gasteiger partial charge in [0.05, 0.1) is 5.69 Å². The van der Waals surface area contributed by atoms with Gasteiger partial charge in [0, 0.05) is 41.2 Å². The molecule has 5 aromatic carbocycles. The highest BCUT2D eigenvalue weighted by Crippen LogP contribution is 2.51. The van der Waals surface area contributed by atoms with E-state index in [9.17, 15) is 0 Å². The van der Waals surface area contributed by atoms with Crippen molar-refractivity contribution in [3.63, 3.8) is 0 Å². The molecule has 188 valence electrons. The monoisotopic (exact) mass is 512 g/mol. The van der Waals surface area contributed by atoms with E-state index in [4.69, 9.17) is 4.98 Å². The van der Waals surface area contributed by atoms with Crippen molar-refractivity contribution < 1.29 is 0 Å². The van der Waals surface area contributed by atoms with Crippen LogP contribution >= 0.6 is 0 Å². The smallest absolute Gasteiger partial charge is 0.235 e. The van der Waals surface area contributed by atoms with Gasteiger partial charge in [-0.2, -0.15) is 4.58 Å². The second kappa shape index (κ2) is 9.18. The van der Waals surface area contributed by atoms with Gasteiger partial charge >= 0.3 is 0 Å². The second-order valence-electron chi connectivity index (χ2n) is 10.2. The molecule has 3 nitrogen and oxygen atoms in total. The predicted octanol–water partition coefficient (Wildman–Crippen LogP) is 9.12. The molecular formula is C37H26N3+. The Bertz CT molecular complexity index is 1920. The van der Waals surface area contributed by atoms with Crippen molar-refractivity contribution in [2.45, 2.75) is 0 Å². The van der Waals surface area contributed by atoms with E-state index in [0.29, 0.717) is 0 Å². The molecule has 6 aromatic rings. The van der Waals surface area contributed by atoms with Gasteiger partial charge in [0.1, 0.15) is 12.2 Å². The molecule has 1 aliphatic heterocycles. The molecule has 0 atom stereocenters. The molecule has 40 heavy (non-hydrogen) atoms. The Balaban J connectivity index is 1.48. The van der Waals surface area contributed by atoms with Gasteiger partial charge in [0.2, 0.25) is 11.4 Å². The lowest BCUT2D eigenvalue weighted by Crippen LogP contribution is -2.29. The summed E-state index contributed by atoms with van der Waals surface area (Å²) >= 11 is 0. The molecule has 0 spiro atoms. The van der Waals surface area contributed by atoms with Gasteiger partial charge in [0.15, 0.2) is 6.21 Å². The summed E-state index contributed by atoms with van der Waals surface area (Å²) in [6.45, 7) is 0.763. The molecule has 8 rings (SSSR count). The van der Waals surface area contributed by atoms with Crippen molar-refractivity contribution in [3.05, 3.63) is 140 Å². The number of benzene rings is 5. The summed E-state index contributed by atoms with van der Waals surface area (Å²) < 4.78 is 2.34. The number of rotatable bonds is 2. The average molecular weight is 513 g/mol. The van der Waals surface area contributed by atoms with Gasteiger partial charge in [-0.1, -0.05) is 91.0 Å². The van der Waals surface area contributed by atoms with Crippen LogP contribution in [-0.4, -0.2) is 17.7 Å². The maximum absolute atomic E-state index is 5.02. The van der Waals surface area contributed by atoms with E-state index in [-0.39, 0.29) is 0 Å². The molecule has 2 heterocycles. The van der Waals surface area contributed by atoms with Gasteiger partial charge in [-0.25, -0.2) is 0 Å². The Morgan fingerprint density at radius 1 is 0.525 bits per heavy atom. The Labute approximate surface area is 234 Å². The minimum atomic E-state index is 0.763. The first-order valence-electron chi connectivity index (χ1n) is 13.7. The number of hydrogen-bond acceptors (Lipinski definition) is 2. The maximum atomic E-state index is 5.02. The first-order chi connectivity index (χ1) is 19.9. The van der Waals surface area contributed by atoms with Crippen LogP contribution in [0.3, 0.4) is 0 Å². The topological polar surface area (TPSA) is 19.1 Å². The van der Waals surface area contributed by atoms with E-state index in [1.54, 1.807) is 0 Å². The Hall–Kier alpha value is -5.28. The molecule has 0 fully saturated rings. The Morgan fingerprint density at radius 3 is 1.80 bits per heavy atom. The molecule has 0 saturated heterocycles. The number of pyridine rings is 1. The minimum Gasteiger partial charge on any atom is -0.326 e. The summed E-state index contributed by atoms with van der Waals surface area (Å²) in [5.41, 5.74) is 14.0. The summed E-state index contributed by atoms with van der Waals surface area (Å²) in [7, 11) is 0. The van der Waals surface area contributed by atoms with Crippen LogP contribution in [-0.2, 0) is 0 Å². The maximum Gasteiger partial charge on any atom is 0.235 e. The van der Waals surface area contributed by atoms with Crippen LogP contribution < -0.4 is 9.48 Å². The quantitative estimate of drug-likeness (QED) is 0.215. The summed E-state index contributed by atoms with van der Waals surface area (Å²) in [6, 6.07) is 47.8. The van der Waals surface area contributed by atoms with Gasteiger partial charge < -0.3 is 4.90 Å². The van der Waals surface area contributed by atoms with Crippen LogP contribution in [0.25, 0.3) is 44.6 Å². The first kappa shape index (κ1) is 22.7. The molecule has 0 radical (unpaired) electrons. The summed E-state index contributed by atoms with van der Waals surface area (Å²) in [6.07, 6.45) is 4.20. The SMILES string of the molecule is C1=[N+](c2ccccc2)c2cc3c(cc2N(c2ccccc2)C1)-c1ncccc1-c1ccccc1-c1ccccc1-3. The second-order valence-corrected chi connectivity index (χ2v) is 10.2. The molecule has 1 aliphatic carbocycles. The fourth-order valence-corrected chi connectivity index (χ4v) is 6.19. The van der Waals surface area contributed by atoms with Crippen molar-refractivity contribution in [3.8, 4) is 44.6 Å². The zero-order valence-corrected chi connectivity index (χ0v) is 21.9. The lowest BCUT2D eigenvalue weighted by atomic mass is 9.82. The normalized spacial score (nSPS) is 13.0. The predicted molar refractivity (Wildman–Crippen MR) is 167 cm³/mol. The van der Waals surface area contributed by atoms with Crippen LogP contribution in [0.15, 0.2) is 140 Å². The van der Waals surface area contributed by atoms with E-state index in [1.807, 2.05) is 12.3 Å². The lowest BCUT2D eigenvalue weighted by Gasteiger charge is -2.29. The highest BCUT2D eigenvalue weighted by Gasteiger charge is 2.32. The lowest BCUT2D eigenvalue weighted by molar-refractivity contribution is 1.000. The summed E-state index contributed by atoms with van der Waals surface area (Å²) in [4.78, 5) is 7.42. The van der Waals surface area contributed by atoms with E-state index in [1.165, 1.54) is 39.2 Å². The standard InChI is InChI=1S/C37H26N3/c1-3-12-26(13-4-1)39-22-23-40(27-14-5-2-6-15-27)36-25-34-33(24-35(36)39)31-19-10-8-17-29(31)28-16-7-9-18-30(28)32-20-11-21-38-37(32)34/h1-22,24-25H,23H2/q+1. The van der Waals surface area contributed by atoms with Crippen LogP contribution in [0, 0.1) is 0 Å². The van der Waals surface area contributed by atoms with Crippen LogP contribution in [0.4, 0.5) is 22.7 Å². The van der Waals surface area contributed by atoms with Crippen LogP contribution in [0.5, 0.6) is 0 Å². The molecule has 2 aliphatic rings. The third-order valence-electron chi connectivity index (χ3n) is 8.00. The van der Waals surface area contributed by atoms with E-state index in [2.05, 4.69) is 143 Å². The van der Waals surface area contributed by atoms with Crippen molar-refractivity contribution >= 4 is 29.0 Å². The molecular weight excluding hydrogens is 486 g/mol. The molecule has 0 unspecified atom stereocenters. The fraction of sp³-hybridized carbons (Fsp3) is 0.0270.